The van der Waals surface area contributed by atoms with E-state index in [2.05, 4.69) is 20.6 Å². The molecule has 0 radical (unpaired) electrons. The monoisotopic (exact) mass is 311 g/mol. The number of aryl methyl sites for hydroxylation is 3. The normalized spacial score (nSPS) is 10.7. The number of carbonyl (C=O) groups excluding carboxylic acids is 1. The number of carbonyl (C=O) groups is 1. The molecule has 0 spiro atoms. The van der Waals surface area contributed by atoms with Crippen LogP contribution >= 0.6 is 0 Å². The molecule has 7 heteroatoms. The molecule has 118 valence electrons. The van der Waals surface area contributed by atoms with Crippen molar-refractivity contribution in [2.24, 2.45) is 0 Å². The van der Waals surface area contributed by atoms with Crippen molar-refractivity contribution in [3.63, 3.8) is 0 Å². The van der Waals surface area contributed by atoms with E-state index in [1.807, 2.05) is 39.0 Å². The fourth-order valence-electron chi connectivity index (χ4n) is 2.29. The minimum atomic E-state index is -0.333. The first kappa shape index (κ1) is 15.0. The molecule has 0 saturated heterocycles. The average Bonchev–Trinajstić information content (AvgIpc) is 3.18. The van der Waals surface area contributed by atoms with Gasteiger partial charge < -0.3 is 4.42 Å². The first-order valence-electron chi connectivity index (χ1n) is 7.32. The van der Waals surface area contributed by atoms with Crippen molar-refractivity contribution in [2.45, 2.75) is 27.3 Å². The number of nitrogens with one attached hydrogen (secondary N) is 1. The molecule has 7 nitrogen and oxygen atoms in total. The van der Waals surface area contributed by atoms with Gasteiger partial charge in [0, 0.05) is 18.3 Å². The summed E-state index contributed by atoms with van der Waals surface area (Å²) in [6, 6.07) is 7.69. The Kier molecular flexibility index (Phi) is 3.92. The highest BCUT2D eigenvalue weighted by molar-refractivity contribution is 6.01. The molecule has 0 aliphatic carbocycles. The zero-order valence-corrected chi connectivity index (χ0v) is 13.2. The third-order valence-electron chi connectivity index (χ3n) is 3.52. The fourth-order valence-corrected chi connectivity index (χ4v) is 2.29. The number of benzene rings is 1. The summed E-state index contributed by atoms with van der Waals surface area (Å²) in [7, 11) is 0. The SMILES string of the molecule is CCn1nccc1C(=O)Nc1nnc(-c2cc(C)ccc2C)o1. The maximum absolute atomic E-state index is 12.2. The van der Waals surface area contributed by atoms with Gasteiger partial charge in [-0.05, 0) is 38.5 Å². The predicted molar refractivity (Wildman–Crippen MR) is 85.1 cm³/mol. The molecule has 1 N–H and O–H groups in total. The lowest BCUT2D eigenvalue weighted by Crippen LogP contribution is -2.17. The van der Waals surface area contributed by atoms with Crippen molar-refractivity contribution in [2.75, 3.05) is 5.32 Å². The second-order valence-electron chi connectivity index (χ2n) is 5.22. The van der Waals surface area contributed by atoms with Crippen LogP contribution < -0.4 is 5.32 Å². The van der Waals surface area contributed by atoms with Crippen molar-refractivity contribution >= 4 is 11.9 Å². The Bertz CT molecular complexity index is 850. The highest BCUT2D eigenvalue weighted by atomic mass is 16.4. The largest absolute Gasteiger partial charge is 0.403 e. The molecular weight excluding hydrogens is 294 g/mol. The van der Waals surface area contributed by atoms with Crippen molar-refractivity contribution in [1.82, 2.24) is 20.0 Å². The number of rotatable bonds is 4. The van der Waals surface area contributed by atoms with E-state index < -0.39 is 0 Å². The average molecular weight is 311 g/mol. The zero-order chi connectivity index (χ0) is 16.4. The van der Waals surface area contributed by atoms with E-state index in [4.69, 9.17) is 4.42 Å². The molecule has 0 aliphatic rings. The van der Waals surface area contributed by atoms with Crippen LogP contribution in [0.2, 0.25) is 0 Å². The number of hydrogen-bond donors (Lipinski definition) is 1. The van der Waals surface area contributed by atoms with Gasteiger partial charge in [-0.1, -0.05) is 22.8 Å². The Hall–Kier alpha value is -2.96. The molecule has 3 rings (SSSR count). The Morgan fingerprint density at radius 2 is 2.09 bits per heavy atom. The van der Waals surface area contributed by atoms with Gasteiger partial charge in [-0.3, -0.25) is 14.8 Å². The zero-order valence-electron chi connectivity index (χ0n) is 13.2. The molecule has 2 heterocycles. The lowest BCUT2D eigenvalue weighted by Gasteiger charge is -2.03. The van der Waals surface area contributed by atoms with Gasteiger partial charge in [-0.15, -0.1) is 5.10 Å². The van der Waals surface area contributed by atoms with Crippen molar-refractivity contribution < 1.29 is 9.21 Å². The van der Waals surface area contributed by atoms with Crippen LogP contribution in [-0.2, 0) is 6.54 Å². The number of hydrogen-bond acceptors (Lipinski definition) is 5. The van der Waals surface area contributed by atoms with E-state index in [1.165, 1.54) is 0 Å². The van der Waals surface area contributed by atoms with Gasteiger partial charge in [0.1, 0.15) is 5.69 Å². The third kappa shape index (κ3) is 2.98. The fraction of sp³-hybridized carbons (Fsp3) is 0.250. The van der Waals surface area contributed by atoms with Crippen LogP contribution in [0.3, 0.4) is 0 Å². The summed E-state index contributed by atoms with van der Waals surface area (Å²) in [6.07, 6.45) is 1.58. The number of amides is 1. The predicted octanol–water partition coefficient (Wildman–Crippen LogP) is 2.82. The summed E-state index contributed by atoms with van der Waals surface area (Å²) >= 11 is 0. The Morgan fingerprint density at radius 3 is 2.87 bits per heavy atom. The van der Waals surface area contributed by atoms with Gasteiger partial charge in [-0.2, -0.15) is 5.10 Å². The third-order valence-corrected chi connectivity index (χ3v) is 3.52. The Morgan fingerprint density at radius 1 is 1.26 bits per heavy atom. The van der Waals surface area contributed by atoms with Crippen LogP contribution in [0, 0.1) is 13.8 Å². The molecule has 23 heavy (non-hydrogen) atoms. The number of aromatic nitrogens is 4. The lowest BCUT2D eigenvalue weighted by molar-refractivity contribution is 0.101. The second kappa shape index (κ2) is 6.04. The standard InChI is InChI=1S/C16H17N5O2/c1-4-21-13(7-8-17-21)14(22)18-16-20-19-15(23-16)12-9-10(2)5-6-11(12)3/h5-9H,4H2,1-3H3,(H,18,20,22). The van der Waals surface area contributed by atoms with E-state index in [1.54, 1.807) is 16.9 Å². The Labute approximate surface area is 133 Å². The van der Waals surface area contributed by atoms with E-state index in [0.29, 0.717) is 18.1 Å². The molecular formula is C16H17N5O2. The van der Waals surface area contributed by atoms with Crippen LogP contribution in [0.5, 0.6) is 0 Å². The van der Waals surface area contributed by atoms with E-state index in [-0.39, 0.29) is 11.9 Å². The lowest BCUT2D eigenvalue weighted by atomic mass is 10.1. The smallest absolute Gasteiger partial charge is 0.322 e. The van der Waals surface area contributed by atoms with Crippen LogP contribution in [-0.4, -0.2) is 25.9 Å². The van der Waals surface area contributed by atoms with Gasteiger partial charge in [0.15, 0.2) is 0 Å². The van der Waals surface area contributed by atoms with Crippen molar-refractivity contribution in [1.29, 1.82) is 0 Å². The quantitative estimate of drug-likeness (QED) is 0.800. The van der Waals surface area contributed by atoms with Gasteiger partial charge in [-0.25, -0.2) is 0 Å². The summed E-state index contributed by atoms with van der Waals surface area (Å²) in [4.78, 5) is 12.2. The van der Waals surface area contributed by atoms with E-state index in [9.17, 15) is 4.79 Å². The first-order valence-corrected chi connectivity index (χ1v) is 7.32. The highest BCUT2D eigenvalue weighted by Crippen LogP contribution is 2.24. The molecule has 0 aliphatic heterocycles. The summed E-state index contributed by atoms with van der Waals surface area (Å²) in [5.41, 5.74) is 3.43. The molecule has 0 saturated carbocycles. The topological polar surface area (TPSA) is 85.8 Å². The molecule has 1 amide bonds. The summed E-state index contributed by atoms with van der Waals surface area (Å²) in [5, 5.41) is 14.6. The van der Waals surface area contributed by atoms with Crippen molar-refractivity contribution in [3.8, 4) is 11.5 Å². The Balaban J connectivity index is 1.82. The van der Waals surface area contributed by atoms with Gasteiger partial charge in [0.05, 0.1) is 0 Å². The summed E-state index contributed by atoms with van der Waals surface area (Å²) in [5.74, 6) is 0.0472. The van der Waals surface area contributed by atoms with Gasteiger partial charge >= 0.3 is 6.01 Å². The maximum Gasteiger partial charge on any atom is 0.322 e. The maximum atomic E-state index is 12.2. The molecule has 2 aromatic heterocycles. The molecule has 0 bridgehead atoms. The minimum Gasteiger partial charge on any atom is -0.403 e. The van der Waals surface area contributed by atoms with Crippen LogP contribution in [0.25, 0.3) is 11.5 Å². The molecule has 0 unspecified atom stereocenters. The molecule has 1 aromatic carbocycles. The van der Waals surface area contributed by atoms with E-state index >= 15 is 0 Å². The van der Waals surface area contributed by atoms with Crippen LogP contribution in [0.4, 0.5) is 6.01 Å². The highest BCUT2D eigenvalue weighted by Gasteiger charge is 2.16. The van der Waals surface area contributed by atoms with Crippen LogP contribution in [0.1, 0.15) is 28.5 Å². The minimum absolute atomic E-state index is 0.0646. The summed E-state index contributed by atoms with van der Waals surface area (Å²) < 4.78 is 7.16. The summed E-state index contributed by atoms with van der Waals surface area (Å²) in [6.45, 7) is 6.48. The van der Waals surface area contributed by atoms with Crippen LogP contribution in [0.15, 0.2) is 34.9 Å². The van der Waals surface area contributed by atoms with Crippen molar-refractivity contribution in [3.05, 3.63) is 47.3 Å². The van der Waals surface area contributed by atoms with Gasteiger partial charge in [0.2, 0.25) is 5.89 Å². The molecule has 0 fully saturated rings. The molecule has 0 atom stereocenters. The second-order valence-corrected chi connectivity index (χ2v) is 5.22. The number of anilines is 1. The molecule has 3 aromatic rings. The van der Waals surface area contributed by atoms with E-state index in [0.717, 1.165) is 16.7 Å². The number of nitrogens with zero attached hydrogens (tertiary/aromatic N) is 4. The van der Waals surface area contributed by atoms with Gasteiger partial charge in [0.25, 0.3) is 5.91 Å². The first-order chi connectivity index (χ1) is 11.1.